The van der Waals surface area contributed by atoms with Crippen molar-refractivity contribution in [2.45, 2.75) is 45.3 Å². The molecule has 2 rings (SSSR count). The molecule has 2 aromatic carbocycles. The zero-order valence-electron chi connectivity index (χ0n) is 15.7. The monoisotopic (exact) mass is 355 g/mol. The number of rotatable bonds is 11. The molecule has 0 fully saturated rings. The standard InChI is InChI=1S/C22H29NO3/c1-3-22(25)19-9-11-21(12-10-19)26-16-20(24)13-14-23-17(2)15-18-7-5-4-6-8-18/h4-12,17,20,23-24H,3,13-16H2,1-2H3. The second-order valence-electron chi connectivity index (χ2n) is 6.60. The van der Waals surface area contributed by atoms with Crippen molar-refractivity contribution >= 4 is 5.78 Å². The van der Waals surface area contributed by atoms with Crippen LogP contribution in [0.25, 0.3) is 0 Å². The highest BCUT2D eigenvalue weighted by atomic mass is 16.5. The summed E-state index contributed by atoms with van der Waals surface area (Å²) >= 11 is 0. The Morgan fingerprint density at radius 2 is 1.81 bits per heavy atom. The average Bonchev–Trinajstić information content (AvgIpc) is 2.67. The van der Waals surface area contributed by atoms with Crippen LogP contribution < -0.4 is 10.1 Å². The first-order valence-corrected chi connectivity index (χ1v) is 9.30. The third kappa shape index (κ3) is 6.98. The Balaban J connectivity index is 1.64. The molecule has 140 valence electrons. The highest BCUT2D eigenvalue weighted by Crippen LogP contribution is 2.14. The molecule has 0 aromatic heterocycles. The number of benzene rings is 2. The summed E-state index contributed by atoms with van der Waals surface area (Å²) in [6, 6.07) is 17.8. The summed E-state index contributed by atoms with van der Waals surface area (Å²) in [7, 11) is 0. The van der Waals surface area contributed by atoms with Crippen molar-refractivity contribution in [3.63, 3.8) is 0 Å². The van der Waals surface area contributed by atoms with Crippen molar-refractivity contribution in [3.8, 4) is 5.75 Å². The Kier molecular flexibility index (Phi) is 8.32. The quantitative estimate of drug-likeness (QED) is 0.604. The van der Waals surface area contributed by atoms with Crippen LogP contribution in [0.2, 0.25) is 0 Å². The topological polar surface area (TPSA) is 58.6 Å². The van der Waals surface area contributed by atoms with Crippen LogP contribution >= 0.6 is 0 Å². The molecule has 2 atom stereocenters. The molecule has 4 heteroatoms. The molecular weight excluding hydrogens is 326 g/mol. The van der Waals surface area contributed by atoms with E-state index in [2.05, 4.69) is 24.4 Å². The van der Waals surface area contributed by atoms with Gasteiger partial charge in [-0.2, -0.15) is 0 Å². The fourth-order valence-electron chi connectivity index (χ4n) is 2.75. The van der Waals surface area contributed by atoms with Gasteiger partial charge in [-0.15, -0.1) is 0 Å². The Morgan fingerprint density at radius 3 is 2.46 bits per heavy atom. The van der Waals surface area contributed by atoms with Crippen molar-refractivity contribution in [2.24, 2.45) is 0 Å². The van der Waals surface area contributed by atoms with Crippen LogP contribution in [0, 0.1) is 0 Å². The molecule has 0 bridgehead atoms. The highest BCUT2D eigenvalue weighted by Gasteiger charge is 2.08. The number of Topliss-reactive ketones (excluding diaryl/α,β-unsaturated/α-hetero) is 1. The SMILES string of the molecule is CCC(=O)c1ccc(OCC(O)CCNC(C)Cc2ccccc2)cc1. The molecule has 4 nitrogen and oxygen atoms in total. The lowest BCUT2D eigenvalue weighted by Crippen LogP contribution is -2.32. The van der Waals surface area contributed by atoms with Crippen LogP contribution in [-0.4, -0.2) is 36.2 Å². The molecule has 0 aliphatic heterocycles. The predicted molar refractivity (Wildman–Crippen MR) is 105 cm³/mol. The molecule has 0 saturated heterocycles. The molecule has 0 amide bonds. The van der Waals surface area contributed by atoms with Crippen molar-refractivity contribution in [3.05, 3.63) is 65.7 Å². The van der Waals surface area contributed by atoms with Crippen LogP contribution in [0.1, 0.15) is 42.6 Å². The number of ether oxygens (including phenoxy) is 1. The van der Waals surface area contributed by atoms with Crippen molar-refractivity contribution in [1.29, 1.82) is 0 Å². The van der Waals surface area contributed by atoms with E-state index in [4.69, 9.17) is 4.74 Å². The van der Waals surface area contributed by atoms with Crippen LogP contribution in [0.4, 0.5) is 0 Å². The van der Waals surface area contributed by atoms with Crippen LogP contribution in [0.15, 0.2) is 54.6 Å². The van der Waals surface area contributed by atoms with E-state index < -0.39 is 6.10 Å². The third-order valence-corrected chi connectivity index (χ3v) is 4.29. The van der Waals surface area contributed by atoms with Gasteiger partial charge in [0.15, 0.2) is 5.78 Å². The number of ketones is 1. The van der Waals surface area contributed by atoms with Gasteiger partial charge in [0.05, 0.1) is 6.10 Å². The van der Waals surface area contributed by atoms with Crippen molar-refractivity contribution in [2.75, 3.05) is 13.2 Å². The molecular formula is C22H29NO3. The van der Waals surface area contributed by atoms with Gasteiger partial charge in [0, 0.05) is 18.0 Å². The maximum atomic E-state index is 11.6. The number of aliphatic hydroxyl groups is 1. The van der Waals surface area contributed by atoms with Crippen molar-refractivity contribution in [1.82, 2.24) is 5.32 Å². The van der Waals surface area contributed by atoms with Gasteiger partial charge < -0.3 is 15.2 Å². The lowest BCUT2D eigenvalue weighted by molar-refractivity contribution is 0.0979. The number of aliphatic hydroxyl groups excluding tert-OH is 1. The van der Waals surface area contributed by atoms with E-state index in [9.17, 15) is 9.90 Å². The Hall–Kier alpha value is -2.17. The zero-order chi connectivity index (χ0) is 18.8. The number of nitrogens with one attached hydrogen (secondary N) is 1. The molecule has 2 unspecified atom stereocenters. The van der Waals surface area contributed by atoms with Crippen molar-refractivity contribution < 1.29 is 14.6 Å². The molecule has 0 radical (unpaired) electrons. The first-order chi connectivity index (χ1) is 12.6. The van der Waals surface area contributed by atoms with Gasteiger partial charge >= 0.3 is 0 Å². The first-order valence-electron chi connectivity index (χ1n) is 9.30. The summed E-state index contributed by atoms with van der Waals surface area (Å²) in [6.07, 6.45) is 1.57. The predicted octanol–water partition coefficient (Wildman–Crippen LogP) is 3.63. The first kappa shape index (κ1) is 20.1. The summed E-state index contributed by atoms with van der Waals surface area (Å²) in [4.78, 5) is 11.6. The molecule has 2 N–H and O–H groups in total. The van der Waals surface area contributed by atoms with E-state index in [0.717, 1.165) is 13.0 Å². The Bertz CT molecular complexity index is 655. The lowest BCUT2D eigenvalue weighted by atomic mass is 10.1. The fraction of sp³-hybridized carbons (Fsp3) is 0.409. The van der Waals surface area contributed by atoms with E-state index in [1.54, 1.807) is 24.3 Å². The fourth-order valence-corrected chi connectivity index (χ4v) is 2.75. The molecule has 26 heavy (non-hydrogen) atoms. The van der Waals surface area contributed by atoms with Crippen LogP contribution in [0.5, 0.6) is 5.75 Å². The van der Waals surface area contributed by atoms with Gasteiger partial charge in [-0.3, -0.25) is 4.79 Å². The number of carbonyl (C=O) groups excluding carboxylic acids is 1. The second kappa shape index (κ2) is 10.7. The number of carbonyl (C=O) groups is 1. The maximum Gasteiger partial charge on any atom is 0.162 e. The maximum absolute atomic E-state index is 11.6. The third-order valence-electron chi connectivity index (χ3n) is 4.29. The minimum Gasteiger partial charge on any atom is -0.491 e. The minimum atomic E-state index is -0.525. The Labute approximate surface area is 156 Å². The van der Waals surface area contributed by atoms with E-state index in [-0.39, 0.29) is 12.4 Å². The summed E-state index contributed by atoms with van der Waals surface area (Å²) in [6.45, 7) is 4.98. The van der Waals surface area contributed by atoms with Gasteiger partial charge in [-0.25, -0.2) is 0 Å². The lowest BCUT2D eigenvalue weighted by Gasteiger charge is -2.16. The smallest absolute Gasteiger partial charge is 0.162 e. The van der Waals surface area contributed by atoms with Crippen LogP contribution in [0.3, 0.4) is 0 Å². The summed E-state index contributed by atoms with van der Waals surface area (Å²) in [5.41, 5.74) is 2.00. The molecule has 0 aliphatic carbocycles. The van der Waals surface area contributed by atoms with Gasteiger partial charge in [-0.05, 0) is 56.1 Å². The summed E-state index contributed by atoms with van der Waals surface area (Å²) in [5.74, 6) is 0.786. The van der Waals surface area contributed by atoms with Gasteiger partial charge in [0.1, 0.15) is 12.4 Å². The molecule has 2 aromatic rings. The molecule has 0 heterocycles. The number of hydrogen-bond donors (Lipinski definition) is 2. The normalized spacial score (nSPS) is 13.2. The van der Waals surface area contributed by atoms with Crippen LogP contribution in [-0.2, 0) is 6.42 Å². The molecule has 0 aliphatic rings. The van der Waals surface area contributed by atoms with E-state index in [1.165, 1.54) is 5.56 Å². The Morgan fingerprint density at radius 1 is 1.12 bits per heavy atom. The average molecular weight is 355 g/mol. The van der Waals surface area contributed by atoms with Gasteiger partial charge in [0.25, 0.3) is 0 Å². The highest BCUT2D eigenvalue weighted by molar-refractivity contribution is 5.95. The zero-order valence-corrected chi connectivity index (χ0v) is 15.7. The molecule has 0 spiro atoms. The van der Waals surface area contributed by atoms with E-state index in [1.807, 2.05) is 25.1 Å². The summed E-state index contributed by atoms with van der Waals surface area (Å²) < 4.78 is 5.60. The minimum absolute atomic E-state index is 0.118. The van der Waals surface area contributed by atoms with Gasteiger partial charge in [0.2, 0.25) is 0 Å². The van der Waals surface area contributed by atoms with Gasteiger partial charge in [-0.1, -0.05) is 37.3 Å². The van der Waals surface area contributed by atoms with E-state index in [0.29, 0.717) is 30.2 Å². The van der Waals surface area contributed by atoms with E-state index >= 15 is 0 Å². The summed E-state index contributed by atoms with van der Waals surface area (Å²) in [5, 5.41) is 13.5. The number of hydrogen-bond acceptors (Lipinski definition) is 4. The molecule has 0 saturated carbocycles. The largest absolute Gasteiger partial charge is 0.491 e. The second-order valence-corrected chi connectivity index (χ2v) is 6.60.